The van der Waals surface area contributed by atoms with Crippen LogP contribution in [0.25, 0.3) is 0 Å². The molecule has 3 aromatic rings. The highest BCUT2D eigenvalue weighted by atomic mass is 16.1. The Morgan fingerprint density at radius 2 is 0.379 bits per heavy atom. The van der Waals surface area contributed by atoms with Crippen LogP contribution in [0.3, 0.4) is 0 Å². The van der Waals surface area contributed by atoms with Crippen LogP contribution in [0.4, 0.5) is 53.5 Å². The lowest BCUT2D eigenvalue weighted by atomic mass is 10.9. The number of nitrogens with two attached hydrogens (primary N) is 9. The molecule has 18 N–H and O–H groups in total. The minimum absolute atomic E-state index is 0.0417. The number of carbonyl (C=O) groups is 1. The first-order valence-electron chi connectivity index (χ1n) is 6.91. The minimum Gasteiger partial charge on any atom is -0.368 e. The van der Waals surface area contributed by atoms with Gasteiger partial charge < -0.3 is 56.4 Å². The maximum atomic E-state index is 8.00. The lowest BCUT2D eigenvalue weighted by Gasteiger charge is -1.93. The van der Waals surface area contributed by atoms with E-state index in [0.29, 0.717) is 0 Å². The van der Waals surface area contributed by atoms with E-state index in [1.54, 1.807) is 0 Å². The fraction of sp³-hybridized carbons (Fsp3) is 0. The Kier molecular flexibility index (Phi) is 9.48. The summed E-state index contributed by atoms with van der Waals surface area (Å²) in [5.74, 6) is 0.375. The molecule has 3 heterocycles. The van der Waals surface area contributed by atoms with E-state index in [2.05, 4.69) is 44.9 Å². The molecule has 29 heavy (non-hydrogen) atoms. The number of hydrogen-bond acceptors (Lipinski definition) is 19. The van der Waals surface area contributed by atoms with Gasteiger partial charge in [-0.1, -0.05) is 0 Å². The summed E-state index contributed by atoms with van der Waals surface area (Å²) in [6.45, 7) is 2.00. The molecule has 0 unspecified atom stereocenters. The Bertz CT molecular complexity index is 648. The number of hydrogen-bond donors (Lipinski definition) is 9. The molecule has 0 spiro atoms. The maximum Gasteiger partial charge on any atom is 0.226 e. The van der Waals surface area contributed by atoms with E-state index < -0.39 is 0 Å². The van der Waals surface area contributed by atoms with Gasteiger partial charge in [0.05, 0.1) is 0 Å². The first-order chi connectivity index (χ1) is 13.5. The van der Waals surface area contributed by atoms with Crippen LogP contribution in [0, 0.1) is 0 Å². The Labute approximate surface area is 162 Å². The zero-order valence-electron chi connectivity index (χ0n) is 14.8. The molecule has 0 aliphatic carbocycles. The van der Waals surface area contributed by atoms with Crippen molar-refractivity contribution in [1.29, 1.82) is 0 Å². The van der Waals surface area contributed by atoms with Crippen molar-refractivity contribution in [2.45, 2.75) is 0 Å². The third-order valence-corrected chi connectivity index (χ3v) is 2.06. The Morgan fingerprint density at radius 1 is 0.310 bits per heavy atom. The predicted octanol–water partition coefficient (Wildman–Crippen LogP) is -4.33. The molecule has 19 nitrogen and oxygen atoms in total. The molecule has 19 heteroatoms. The molecule has 0 saturated heterocycles. The zero-order valence-corrected chi connectivity index (χ0v) is 14.8. The Morgan fingerprint density at radius 3 is 0.448 bits per heavy atom. The highest BCUT2D eigenvalue weighted by Gasteiger charge is 1.95. The van der Waals surface area contributed by atoms with E-state index in [1.807, 2.05) is 6.79 Å². The van der Waals surface area contributed by atoms with Gasteiger partial charge in [-0.25, -0.2) is 0 Å². The van der Waals surface area contributed by atoms with Crippen molar-refractivity contribution in [3.05, 3.63) is 0 Å². The topological polar surface area (TPSA) is 367 Å². The number of rotatable bonds is 0. The molecule has 3 aromatic heterocycles. The van der Waals surface area contributed by atoms with Crippen LogP contribution in [-0.4, -0.2) is 51.6 Å². The van der Waals surface area contributed by atoms with E-state index in [0.717, 1.165) is 0 Å². The van der Waals surface area contributed by atoms with Crippen LogP contribution in [-0.2, 0) is 4.79 Å². The predicted molar refractivity (Wildman–Crippen MR) is 106 cm³/mol. The van der Waals surface area contributed by atoms with Gasteiger partial charge in [0.1, 0.15) is 6.79 Å². The SMILES string of the molecule is C=O.Nc1nc(N)nc(N)n1.Nc1nc(N)nc(N)n1.Nc1nc(N)nc(N)n1. The number of nitrogen functional groups attached to an aromatic ring is 9. The molecular weight excluding hydrogens is 388 g/mol. The summed E-state index contributed by atoms with van der Waals surface area (Å²) in [7, 11) is 0. The third kappa shape index (κ3) is 10.5. The molecule has 0 aromatic carbocycles. The van der Waals surface area contributed by atoms with Crippen molar-refractivity contribution in [1.82, 2.24) is 44.9 Å². The van der Waals surface area contributed by atoms with Gasteiger partial charge in [-0.05, 0) is 0 Å². The van der Waals surface area contributed by atoms with E-state index in [-0.39, 0.29) is 53.5 Å². The molecule has 0 aliphatic rings. The number of nitrogens with zero attached hydrogens (tertiary/aromatic N) is 9. The van der Waals surface area contributed by atoms with Crippen LogP contribution >= 0.6 is 0 Å². The molecular formula is C10H20N18O. The number of aromatic nitrogens is 9. The highest BCUT2D eigenvalue weighted by molar-refractivity contribution is 5.34. The van der Waals surface area contributed by atoms with Crippen molar-refractivity contribution >= 4 is 60.3 Å². The minimum atomic E-state index is 0.0417. The van der Waals surface area contributed by atoms with Gasteiger partial charge in [-0.15, -0.1) is 0 Å². The molecule has 156 valence electrons. The summed E-state index contributed by atoms with van der Waals surface area (Å²) in [5.41, 5.74) is 46.2. The van der Waals surface area contributed by atoms with Crippen LogP contribution in [0.5, 0.6) is 0 Å². The molecule has 3 rings (SSSR count). The second-order valence-electron chi connectivity index (χ2n) is 4.23. The zero-order chi connectivity index (χ0) is 22.6. The summed E-state index contributed by atoms with van der Waals surface area (Å²) in [6.07, 6.45) is 0. The largest absolute Gasteiger partial charge is 0.368 e. The van der Waals surface area contributed by atoms with Gasteiger partial charge in [-0.2, -0.15) is 44.9 Å². The van der Waals surface area contributed by atoms with Gasteiger partial charge in [0.15, 0.2) is 0 Å². The number of carbonyl (C=O) groups excluding carboxylic acids is 1. The lowest BCUT2D eigenvalue weighted by molar-refractivity contribution is -0.0979. The quantitative estimate of drug-likeness (QED) is 0.169. The molecule has 0 radical (unpaired) electrons. The summed E-state index contributed by atoms with van der Waals surface area (Å²) < 4.78 is 0. The first kappa shape index (κ1) is 23.9. The van der Waals surface area contributed by atoms with Crippen molar-refractivity contribution in [2.75, 3.05) is 51.6 Å². The highest BCUT2D eigenvalue weighted by Crippen LogP contribution is 1.98. The number of anilines is 9. The van der Waals surface area contributed by atoms with Crippen LogP contribution in [0.1, 0.15) is 0 Å². The average Bonchev–Trinajstić information content (AvgIpc) is 2.53. The summed E-state index contributed by atoms with van der Waals surface area (Å²) in [5, 5.41) is 0. The molecule has 0 bridgehead atoms. The second-order valence-corrected chi connectivity index (χ2v) is 4.23. The van der Waals surface area contributed by atoms with Gasteiger partial charge in [0.25, 0.3) is 0 Å². The molecule has 0 atom stereocenters. The smallest absolute Gasteiger partial charge is 0.226 e. The van der Waals surface area contributed by atoms with Crippen LogP contribution in [0.15, 0.2) is 0 Å². The maximum absolute atomic E-state index is 8.00. The van der Waals surface area contributed by atoms with E-state index in [1.165, 1.54) is 0 Å². The summed E-state index contributed by atoms with van der Waals surface area (Å²) in [4.78, 5) is 39.4. The first-order valence-corrected chi connectivity index (χ1v) is 6.91. The van der Waals surface area contributed by atoms with Crippen LogP contribution < -0.4 is 51.6 Å². The van der Waals surface area contributed by atoms with Crippen molar-refractivity contribution in [2.24, 2.45) is 0 Å². The fourth-order valence-electron chi connectivity index (χ4n) is 1.28. The second kappa shape index (κ2) is 11.5. The normalized spacial score (nSPS) is 8.83. The summed E-state index contributed by atoms with van der Waals surface area (Å²) in [6, 6.07) is 0. The Balaban J connectivity index is 0.000000388. The van der Waals surface area contributed by atoms with E-state index in [9.17, 15) is 0 Å². The van der Waals surface area contributed by atoms with Gasteiger partial charge in [-0.3, -0.25) is 0 Å². The standard InChI is InChI=1S/3C3H6N6.CH2O/c3*4-1-7-2(5)9-3(6)8-1;1-2/h3*(H6,4,5,6,7,8,9);1H2. The van der Waals surface area contributed by atoms with Gasteiger partial charge in [0, 0.05) is 0 Å². The molecule has 0 saturated carbocycles. The average molecular weight is 408 g/mol. The fourth-order valence-corrected chi connectivity index (χ4v) is 1.28. The molecule has 0 fully saturated rings. The van der Waals surface area contributed by atoms with E-state index >= 15 is 0 Å². The third-order valence-electron chi connectivity index (χ3n) is 2.06. The monoisotopic (exact) mass is 408 g/mol. The van der Waals surface area contributed by atoms with Gasteiger partial charge >= 0.3 is 0 Å². The lowest BCUT2D eigenvalue weighted by Crippen LogP contribution is -2.05. The molecule has 0 amide bonds. The van der Waals surface area contributed by atoms with Gasteiger partial charge in [0.2, 0.25) is 53.5 Å². The van der Waals surface area contributed by atoms with Crippen molar-refractivity contribution in [3.8, 4) is 0 Å². The van der Waals surface area contributed by atoms with Crippen molar-refractivity contribution in [3.63, 3.8) is 0 Å². The molecule has 0 aliphatic heterocycles. The van der Waals surface area contributed by atoms with Crippen LogP contribution in [0.2, 0.25) is 0 Å². The van der Waals surface area contributed by atoms with Crippen molar-refractivity contribution < 1.29 is 4.79 Å². The Hall–Kier alpha value is -5.10. The summed E-state index contributed by atoms with van der Waals surface area (Å²) >= 11 is 0. The van der Waals surface area contributed by atoms with E-state index in [4.69, 9.17) is 56.4 Å².